The maximum absolute atomic E-state index is 13.9. The minimum Gasteiger partial charge on any atom is -0.481 e. The molecule has 1 aliphatic carbocycles. The zero-order chi connectivity index (χ0) is 34.8. The fraction of sp³-hybridized carbons (Fsp3) is 0.515. The summed E-state index contributed by atoms with van der Waals surface area (Å²) in [5, 5.41) is 9.28. The first kappa shape index (κ1) is 34.7. The number of methoxy groups -OCH3 is 1. The fourth-order valence-corrected chi connectivity index (χ4v) is 7.45. The molecule has 0 radical (unpaired) electrons. The second-order valence-electron chi connectivity index (χ2n) is 12.6. The lowest BCUT2D eigenvalue weighted by atomic mass is 9.69. The minimum absolute atomic E-state index is 0.0327. The van der Waals surface area contributed by atoms with E-state index in [9.17, 15) is 18.0 Å². The van der Waals surface area contributed by atoms with Gasteiger partial charge in [-0.05, 0) is 44.7 Å². The number of alkyl halides is 3. The Morgan fingerprint density at radius 3 is 2.51 bits per heavy atom. The third-order valence-electron chi connectivity index (χ3n) is 9.06. The highest BCUT2D eigenvalue weighted by atomic mass is 32.2. The van der Waals surface area contributed by atoms with E-state index < -0.39 is 17.8 Å². The van der Waals surface area contributed by atoms with Crippen LogP contribution in [0.1, 0.15) is 44.7 Å². The van der Waals surface area contributed by atoms with E-state index in [0.717, 1.165) is 62.8 Å². The van der Waals surface area contributed by atoms with Crippen molar-refractivity contribution in [1.29, 1.82) is 0 Å². The van der Waals surface area contributed by atoms with Crippen molar-refractivity contribution >= 4 is 40.4 Å². The molecule has 0 amide bonds. The van der Waals surface area contributed by atoms with Crippen molar-refractivity contribution in [3.8, 4) is 28.7 Å². The number of halogens is 3. The second-order valence-corrected chi connectivity index (χ2v) is 13.9. The Kier molecular flexibility index (Phi) is 10.2. The van der Waals surface area contributed by atoms with Crippen LogP contribution < -0.4 is 14.5 Å². The van der Waals surface area contributed by atoms with Crippen LogP contribution in [0.15, 0.2) is 30.6 Å². The molecule has 2 fully saturated rings. The molecular weight excluding hydrogens is 661 g/mol. The molecule has 12 nitrogen and oxygen atoms in total. The smallest absolute Gasteiger partial charge is 0.433 e. The molecule has 1 saturated carbocycles. The number of carbonyl (C=O) groups is 1. The summed E-state index contributed by atoms with van der Waals surface area (Å²) in [7, 11) is 3.64. The van der Waals surface area contributed by atoms with Gasteiger partial charge < -0.3 is 29.4 Å². The number of H-pyrrole nitrogens is 1. The number of hydrogen-bond donors (Lipinski definition) is 2. The predicted octanol–water partition coefficient (Wildman–Crippen LogP) is 5.93. The number of anilines is 2. The number of rotatable bonds is 13. The van der Waals surface area contributed by atoms with Crippen LogP contribution in [0.25, 0.3) is 33.9 Å². The standard InChI is InChI=1S/C33H39F3N8O4S/c1-4-48-27-13-20(12-25(40-27)33(34,35)36)22-14-24(43(2)18-32(19-47-3)8-5-9-32)29-31(39-22)42-30(41-29)23-15-38-26(16-37-23)44-10-6-21(7-11-44)49-17-28(45)46/h12-16,21H,4-11,17-19H2,1-3H3,(H,45,46)(H,39,41,42). The first-order chi connectivity index (χ1) is 23.5. The van der Waals surface area contributed by atoms with Gasteiger partial charge in [0.05, 0.1) is 42.7 Å². The second kappa shape index (κ2) is 14.4. The Morgan fingerprint density at radius 2 is 1.90 bits per heavy atom. The van der Waals surface area contributed by atoms with E-state index in [4.69, 9.17) is 24.5 Å². The van der Waals surface area contributed by atoms with Gasteiger partial charge in [0, 0.05) is 56.1 Å². The Bertz CT molecular complexity index is 1780. The molecule has 2 aliphatic rings. The van der Waals surface area contributed by atoms with E-state index in [1.54, 1.807) is 32.5 Å². The molecule has 0 bridgehead atoms. The maximum atomic E-state index is 13.9. The molecule has 4 aromatic rings. The number of imidazole rings is 1. The topological polar surface area (TPSA) is 142 Å². The summed E-state index contributed by atoms with van der Waals surface area (Å²) in [6.07, 6.45) is 3.49. The lowest BCUT2D eigenvalue weighted by Crippen LogP contribution is -2.44. The summed E-state index contributed by atoms with van der Waals surface area (Å²) >= 11 is 1.47. The summed E-state index contributed by atoms with van der Waals surface area (Å²) in [6, 6.07) is 4.20. The van der Waals surface area contributed by atoms with Crippen LogP contribution in [0.5, 0.6) is 5.88 Å². The zero-order valence-corrected chi connectivity index (χ0v) is 28.4. The lowest BCUT2D eigenvalue weighted by Gasteiger charge is -2.44. The molecule has 0 unspecified atom stereocenters. The van der Waals surface area contributed by atoms with Crippen LogP contribution in [0.2, 0.25) is 0 Å². The molecule has 6 rings (SSSR count). The first-order valence-electron chi connectivity index (χ1n) is 16.2. The average molecular weight is 701 g/mol. The summed E-state index contributed by atoms with van der Waals surface area (Å²) in [5.41, 5.74) is 1.54. The molecule has 0 aromatic carbocycles. The Balaban J connectivity index is 1.33. The van der Waals surface area contributed by atoms with Gasteiger partial charge in [-0.25, -0.2) is 24.9 Å². The number of piperidine rings is 1. The van der Waals surface area contributed by atoms with Crippen molar-refractivity contribution in [1.82, 2.24) is 29.9 Å². The molecule has 2 N–H and O–H groups in total. The SMILES string of the molecule is CCOc1cc(-c2cc(N(C)CC3(COC)CCC3)c3[nH]c(-c4cnc(N5CCC(SCC(=O)O)CC5)cn4)nc3n2)cc(C(F)(F)F)n1. The van der Waals surface area contributed by atoms with Gasteiger partial charge in [0.2, 0.25) is 5.88 Å². The quantitative estimate of drug-likeness (QED) is 0.171. The number of carboxylic acids is 1. The van der Waals surface area contributed by atoms with Gasteiger partial charge in [-0.1, -0.05) is 6.42 Å². The number of nitrogens with one attached hydrogen (secondary N) is 1. The number of thioether (sulfide) groups is 1. The molecule has 49 heavy (non-hydrogen) atoms. The number of hydrogen-bond acceptors (Lipinski definition) is 11. The number of aromatic amines is 1. The van der Waals surface area contributed by atoms with Gasteiger partial charge >= 0.3 is 12.1 Å². The Morgan fingerprint density at radius 1 is 1.12 bits per heavy atom. The Labute approximate surface area is 285 Å². The third-order valence-corrected chi connectivity index (χ3v) is 10.4. The molecule has 1 aliphatic heterocycles. The fourth-order valence-electron chi connectivity index (χ4n) is 6.53. The van der Waals surface area contributed by atoms with E-state index >= 15 is 0 Å². The first-order valence-corrected chi connectivity index (χ1v) is 17.3. The highest BCUT2D eigenvalue weighted by molar-refractivity contribution is 8.00. The van der Waals surface area contributed by atoms with Crippen molar-refractivity contribution in [2.45, 2.75) is 50.5 Å². The number of aromatic nitrogens is 6. The molecule has 16 heteroatoms. The molecular formula is C33H39F3N8O4S. The number of nitrogens with zero attached hydrogens (tertiary/aromatic N) is 7. The van der Waals surface area contributed by atoms with Crippen LogP contribution in [0.3, 0.4) is 0 Å². The summed E-state index contributed by atoms with van der Waals surface area (Å²) in [5.74, 6) is 0.299. The summed E-state index contributed by atoms with van der Waals surface area (Å²) in [4.78, 5) is 40.9. The van der Waals surface area contributed by atoms with Crippen LogP contribution in [-0.2, 0) is 15.7 Å². The monoisotopic (exact) mass is 700 g/mol. The van der Waals surface area contributed by atoms with Gasteiger partial charge in [0.15, 0.2) is 11.5 Å². The van der Waals surface area contributed by atoms with Crippen molar-refractivity contribution in [3.05, 3.63) is 36.3 Å². The highest BCUT2D eigenvalue weighted by Crippen LogP contribution is 2.43. The molecule has 262 valence electrons. The lowest BCUT2D eigenvalue weighted by molar-refractivity contribution is -0.141. The molecule has 0 atom stereocenters. The van der Waals surface area contributed by atoms with Crippen LogP contribution in [0, 0.1) is 5.41 Å². The van der Waals surface area contributed by atoms with E-state index in [1.165, 1.54) is 17.8 Å². The third kappa shape index (κ3) is 7.85. The normalized spacial score (nSPS) is 16.5. The van der Waals surface area contributed by atoms with E-state index in [0.29, 0.717) is 46.8 Å². The summed E-state index contributed by atoms with van der Waals surface area (Å²) in [6.45, 7) is 4.61. The van der Waals surface area contributed by atoms with E-state index in [-0.39, 0.29) is 29.2 Å². The summed E-state index contributed by atoms with van der Waals surface area (Å²) < 4.78 is 52.6. The van der Waals surface area contributed by atoms with Crippen LogP contribution in [0.4, 0.5) is 24.7 Å². The van der Waals surface area contributed by atoms with E-state index in [2.05, 4.69) is 29.7 Å². The highest BCUT2D eigenvalue weighted by Gasteiger charge is 2.39. The molecule has 1 saturated heterocycles. The van der Waals surface area contributed by atoms with Crippen molar-refractivity contribution in [2.75, 3.05) is 62.6 Å². The Hall–Kier alpha value is -4.18. The zero-order valence-electron chi connectivity index (χ0n) is 27.6. The van der Waals surface area contributed by atoms with Gasteiger partial charge in [0.1, 0.15) is 22.7 Å². The number of pyridine rings is 2. The molecule has 0 spiro atoms. The number of ether oxygens (including phenoxy) is 2. The maximum Gasteiger partial charge on any atom is 0.433 e. The van der Waals surface area contributed by atoms with Crippen LogP contribution >= 0.6 is 11.8 Å². The minimum atomic E-state index is -4.68. The van der Waals surface area contributed by atoms with Gasteiger partial charge in [-0.2, -0.15) is 13.2 Å². The largest absolute Gasteiger partial charge is 0.481 e. The van der Waals surface area contributed by atoms with Gasteiger partial charge in [-0.15, -0.1) is 11.8 Å². The predicted molar refractivity (Wildman–Crippen MR) is 181 cm³/mol. The van der Waals surface area contributed by atoms with E-state index in [1.807, 2.05) is 7.05 Å². The van der Waals surface area contributed by atoms with Crippen molar-refractivity contribution in [2.24, 2.45) is 5.41 Å². The molecule has 4 aromatic heterocycles. The van der Waals surface area contributed by atoms with Gasteiger partial charge in [0.25, 0.3) is 0 Å². The average Bonchev–Trinajstić information content (AvgIpc) is 3.50. The van der Waals surface area contributed by atoms with Crippen molar-refractivity contribution in [3.63, 3.8) is 0 Å². The van der Waals surface area contributed by atoms with Crippen LogP contribution in [-0.4, -0.2) is 99.0 Å². The number of carboxylic acid groups (broad SMARTS) is 1. The number of fused-ring (bicyclic) bond motifs is 1. The van der Waals surface area contributed by atoms with Gasteiger partial charge in [-0.3, -0.25) is 4.79 Å². The number of aliphatic carboxylic acids is 1. The molecule has 5 heterocycles. The van der Waals surface area contributed by atoms with Crippen molar-refractivity contribution < 1.29 is 32.5 Å².